The third-order valence-corrected chi connectivity index (χ3v) is 3.09. The molecular formula is C10H15N3O2. The third-order valence-electron chi connectivity index (χ3n) is 3.09. The average Bonchev–Trinajstić information content (AvgIpc) is 2.15. The number of nitrogens with zero attached hydrogens (tertiary/aromatic N) is 2. The standard InChI is InChI=1S/C10H15N3O2/c1-13(7-3-2-4-7)10(15)8-5-6-9(14)12-11-8/h7H,2-6H2,1H3,(H,12,14). The minimum Gasteiger partial charge on any atom is -0.338 e. The first-order valence-corrected chi connectivity index (χ1v) is 5.31. The second-order valence-corrected chi connectivity index (χ2v) is 4.09. The van der Waals surface area contributed by atoms with Gasteiger partial charge in [-0.1, -0.05) is 0 Å². The summed E-state index contributed by atoms with van der Waals surface area (Å²) in [7, 11) is 1.81. The summed E-state index contributed by atoms with van der Waals surface area (Å²) < 4.78 is 0. The van der Waals surface area contributed by atoms with Gasteiger partial charge >= 0.3 is 0 Å². The highest BCUT2D eigenvalue weighted by atomic mass is 16.2. The zero-order valence-electron chi connectivity index (χ0n) is 8.82. The molecule has 1 aliphatic heterocycles. The summed E-state index contributed by atoms with van der Waals surface area (Å²) in [5.74, 6) is -0.155. The SMILES string of the molecule is CN(C(=O)C1=NNC(=O)CC1)C1CCC1. The van der Waals surface area contributed by atoms with Crippen LogP contribution >= 0.6 is 0 Å². The summed E-state index contributed by atoms with van der Waals surface area (Å²) in [4.78, 5) is 24.5. The first-order valence-electron chi connectivity index (χ1n) is 5.31. The molecule has 15 heavy (non-hydrogen) atoms. The molecule has 0 radical (unpaired) electrons. The summed E-state index contributed by atoms with van der Waals surface area (Å²) >= 11 is 0. The van der Waals surface area contributed by atoms with Crippen molar-refractivity contribution in [3.8, 4) is 0 Å². The number of hydrazone groups is 1. The van der Waals surface area contributed by atoms with Gasteiger partial charge in [0, 0.05) is 25.9 Å². The largest absolute Gasteiger partial charge is 0.338 e. The van der Waals surface area contributed by atoms with Gasteiger partial charge in [0.2, 0.25) is 5.91 Å². The molecule has 2 rings (SSSR count). The fourth-order valence-electron chi connectivity index (χ4n) is 1.77. The first kappa shape index (κ1) is 10.1. The van der Waals surface area contributed by atoms with Crippen molar-refractivity contribution in [1.82, 2.24) is 10.3 Å². The normalized spacial score (nSPS) is 21.4. The van der Waals surface area contributed by atoms with Crippen LogP contribution in [0.2, 0.25) is 0 Å². The summed E-state index contributed by atoms with van der Waals surface area (Å²) in [6, 6.07) is 0.373. The van der Waals surface area contributed by atoms with Gasteiger partial charge in [-0.25, -0.2) is 5.43 Å². The van der Waals surface area contributed by atoms with Gasteiger partial charge in [0.1, 0.15) is 5.71 Å². The molecule has 0 aromatic rings. The Morgan fingerprint density at radius 1 is 1.47 bits per heavy atom. The lowest BCUT2D eigenvalue weighted by Gasteiger charge is -2.35. The molecule has 0 saturated heterocycles. The molecule has 82 valence electrons. The van der Waals surface area contributed by atoms with Gasteiger partial charge in [-0.15, -0.1) is 0 Å². The van der Waals surface area contributed by atoms with Crippen LogP contribution in [0.25, 0.3) is 0 Å². The molecular weight excluding hydrogens is 194 g/mol. The quantitative estimate of drug-likeness (QED) is 0.709. The molecule has 0 aromatic carbocycles. The van der Waals surface area contributed by atoms with Crippen molar-refractivity contribution in [2.45, 2.75) is 38.1 Å². The van der Waals surface area contributed by atoms with E-state index in [2.05, 4.69) is 10.5 Å². The molecule has 5 nitrogen and oxygen atoms in total. The molecule has 0 aromatic heterocycles. The number of rotatable bonds is 2. The van der Waals surface area contributed by atoms with Crippen LogP contribution in [-0.4, -0.2) is 35.5 Å². The van der Waals surface area contributed by atoms with Crippen molar-refractivity contribution in [1.29, 1.82) is 0 Å². The Morgan fingerprint density at radius 3 is 2.67 bits per heavy atom. The number of carbonyl (C=O) groups excluding carboxylic acids is 2. The van der Waals surface area contributed by atoms with Gasteiger partial charge in [-0.2, -0.15) is 5.10 Å². The summed E-state index contributed by atoms with van der Waals surface area (Å²) in [6.45, 7) is 0. The van der Waals surface area contributed by atoms with Gasteiger partial charge < -0.3 is 4.90 Å². The van der Waals surface area contributed by atoms with Crippen molar-refractivity contribution < 1.29 is 9.59 Å². The van der Waals surface area contributed by atoms with Crippen LogP contribution in [0.3, 0.4) is 0 Å². The van der Waals surface area contributed by atoms with E-state index in [0.717, 1.165) is 12.8 Å². The lowest BCUT2D eigenvalue weighted by Crippen LogP contribution is -2.46. The number of nitrogens with one attached hydrogen (secondary N) is 1. The van der Waals surface area contributed by atoms with Crippen LogP contribution in [0, 0.1) is 0 Å². The highest BCUT2D eigenvalue weighted by Gasteiger charge is 2.29. The average molecular weight is 209 g/mol. The molecule has 2 aliphatic rings. The Hall–Kier alpha value is -1.39. The summed E-state index contributed by atoms with van der Waals surface area (Å²) in [5.41, 5.74) is 2.82. The van der Waals surface area contributed by atoms with E-state index in [0.29, 0.717) is 24.6 Å². The number of hydrogen-bond donors (Lipinski definition) is 1. The highest BCUT2D eigenvalue weighted by Crippen LogP contribution is 2.24. The molecule has 0 atom stereocenters. The Kier molecular flexibility index (Phi) is 2.70. The van der Waals surface area contributed by atoms with E-state index >= 15 is 0 Å². The predicted octanol–water partition coefficient (Wildman–Crippen LogP) is 0.263. The molecule has 2 amide bonds. The smallest absolute Gasteiger partial charge is 0.270 e. The molecule has 0 unspecified atom stereocenters. The van der Waals surface area contributed by atoms with Crippen LogP contribution in [-0.2, 0) is 9.59 Å². The van der Waals surface area contributed by atoms with Crippen molar-refractivity contribution in [2.75, 3.05) is 7.05 Å². The molecule has 0 spiro atoms. The van der Waals surface area contributed by atoms with Gasteiger partial charge in [0.05, 0.1) is 0 Å². The number of amides is 2. The maximum Gasteiger partial charge on any atom is 0.270 e. The maximum atomic E-state index is 11.9. The fourth-order valence-corrected chi connectivity index (χ4v) is 1.77. The Bertz CT molecular complexity index is 321. The Labute approximate surface area is 88.5 Å². The molecule has 1 fully saturated rings. The zero-order valence-corrected chi connectivity index (χ0v) is 8.82. The van der Waals surface area contributed by atoms with Crippen LogP contribution in [0.1, 0.15) is 32.1 Å². The zero-order chi connectivity index (χ0) is 10.8. The second kappa shape index (κ2) is 4.00. The maximum absolute atomic E-state index is 11.9. The van der Waals surface area contributed by atoms with E-state index in [-0.39, 0.29) is 11.8 Å². The summed E-state index contributed by atoms with van der Waals surface area (Å²) in [6.07, 6.45) is 4.19. The van der Waals surface area contributed by atoms with E-state index in [4.69, 9.17) is 0 Å². The van der Waals surface area contributed by atoms with Crippen LogP contribution in [0.4, 0.5) is 0 Å². The predicted molar refractivity (Wildman–Crippen MR) is 55.2 cm³/mol. The Balaban J connectivity index is 1.97. The van der Waals surface area contributed by atoms with E-state index in [1.165, 1.54) is 6.42 Å². The lowest BCUT2D eigenvalue weighted by molar-refractivity contribution is -0.126. The van der Waals surface area contributed by atoms with Gasteiger partial charge in [-0.3, -0.25) is 9.59 Å². The van der Waals surface area contributed by atoms with Crippen molar-refractivity contribution >= 4 is 17.5 Å². The monoisotopic (exact) mass is 209 g/mol. The van der Waals surface area contributed by atoms with Gasteiger partial charge in [-0.05, 0) is 19.3 Å². The van der Waals surface area contributed by atoms with E-state index in [1.807, 2.05) is 7.05 Å². The van der Waals surface area contributed by atoms with Crippen LogP contribution < -0.4 is 5.43 Å². The van der Waals surface area contributed by atoms with Crippen molar-refractivity contribution in [3.63, 3.8) is 0 Å². The van der Waals surface area contributed by atoms with Crippen molar-refractivity contribution in [3.05, 3.63) is 0 Å². The van der Waals surface area contributed by atoms with Crippen molar-refractivity contribution in [2.24, 2.45) is 5.10 Å². The fraction of sp³-hybridized carbons (Fsp3) is 0.700. The highest BCUT2D eigenvalue weighted by molar-refractivity contribution is 6.39. The molecule has 1 saturated carbocycles. The first-order chi connectivity index (χ1) is 7.18. The van der Waals surface area contributed by atoms with Crippen LogP contribution in [0.15, 0.2) is 5.10 Å². The number of hydrogen-bond acceptors (Lipinski definition) is 3. The number of carbonyl (C=O) groups is 2. The molecule has 1 N–H and O–H groups in total. The minimum atomic E-state index is -0.113. The molecule has 0 bridgehead atoms. The lowest BCUT2D eigenvalue weighted by atomic mass is 9.91. The van der Waals surface area contributed by atoms with E-state index in [9.17, 15) is 9.59 Å². The third kappa shape index (κ3) is 2.00. The molecule has 1 heterocycles. The van der Waals surface area contributed by atoms with Gasteiger partial charge in [0.15, 0.2) is 0 Å². The molecule has 1 aliphatic carbocycles. The van der Waals surface area contributed by atoms with Crippen LogP contribution in [0.5, 0.6) is 0 Å². The van der Waals surface area contributed by atoms with Gasteiger partial charge in [0.25, 0.3) is 5.91 Å². The Morgan fingerprint density at radius 2 is 2.20 bits per heavy atom. The minimum absolute atomic E-state index is 0.0419. The van der Waals surface area contributed by atoms with E-state index in [1.54, 1.807) is 4.90 Å². The van der Waals surface area contributed by atoms with E-state index < -0.39 is 0 Å². The summed E-state index contributed by atoms with van der Waals surface area (Å²) in [5, 5.41) is 3.80. The second-order valence-electron chi connectivity index (χ2n) is 4.09. The topological polar surface area (TPSA) is 61.8 Å². The molecule has 5 heteroatoms.